The van der Waals surface area contributed by atoms with E-state index in [1.54, 1.807) is 30.7 Å². The summed E-state index contributed by atoms with van der Waals surface area (Å²) in [4.78, 5) is 34.1. The zero-order chi connectivity index (χ0) is 15.9. The fourth-order valence-corrected chi connectivity index (χ4v) is 2.51. The summed E-state index contributed by atoms with van der Waals surface area (Å²) in [6, 6.07) is 3.27. The SMILES string of the molecule is CCOC(=O)c1ncn2c1CN(C)C(=O)c1nc(Cl)ccc1-2. The number of nitrogens with zero attached hydrogens (tertiary/aromatic N) is 4. The van der Waals surface area contributed by atoms with Crippen molar-refractivity contribution in [2.24, 2.45) is 0 Å². The third-order valence-corrected chi connectivity index (χ3v) is 3.58. The van der Waals surface area contributed by atoms with Crippen LogP contribution in [0.25, 0.3) is 5.69 Å². The van der Waals surface area contributed by atoms with Gasteiger partial charge in [0.05, 0.1) is 24.5 Å². The Morgan fingerprint density at radius 3 is 2.95 bits per heavy atom. The number of pyridine rings is 1. The van der Waals surface area contributed by atoms with Crippen molar-refractivity contribution in [3.8, 4) is 5.69 Å². The zero-order valence-corrected chi connectivity index (χ0v) is 12.8. The van der Waals surface area contributed by atoms with Crippen LogP contribution in [0.4, 0.5) is 0 Å². The van der Waals surface area contributed by atoms with Crippen molar-refractivity contribution < 1.29 is 14.3 Å². The summed E-state index contributed by atoms with van der Waals surface area (Å²) in [5.41, 5.74) is 1.54. The molecule has 3 heterocycles. The molecule has 0 aromatic carbocycles. The molecule has 22 heavy (non-hydrogen) atoms. The molecule has 7 nitrogen and oxygen atoms in total. The highest BCUT2D eigenvalue weighted by atomic mass is 35.5. The summed E-state index contributed by atoms with van der Waals surface area (Å²) in [6.07, 6.45) is 1.49. The van der Waals surface area contributed by atoms with Gasteiger partial charge in [-0.1, -0.05) is 11.6 Å². The number of ether oxygens (including phenoxy) is 1. The highest BCUT2D eigenvalue weighted by Gasteiger charge is 2.29. The molecule has 8 heteroatoms. The molecule has 1 aliphatic heterocycles. The first-order chi connectivity index (χ1) is 10.5. The maximum absolute atomic E-state index is 12.4. The monoisotopic (exact) mass is 320 g/mol. The lowest BCUT2D eigenvalue weighted by molar-refractivity contribution is 0.0515. The lowest BCUT2D eigenvalue weighted by Gasteiger charge is -2.13. The van der Waals surface area contributed by atoms with E-state index in [0.717, 1.165) is 0 Å². The molecule has 2 aromatic rings. The minimum atomic E-state index is -0.512. The van der Waals surface area contributed by atoms with Gasteiger partial charge in [-0.3, -0.25) is 9.36 Å². The molecule has 0 bridgehead atoms. The van der Waals surface area contributed by atoms with Crippen LogP contribution in [0.15, 0.2) is 18.5 Å². The van der Waals surface area contributed by atoms with Gasteiger partial charge in [-0.15, -0.1) is 0 Å². The minimum absolute atomic E-state index is 0.198. The zero-order valence-electron chi connectivity index (χ0n) is 12.0. The number of esters is 1. The number of halogens is 1. The van der Waals surface area contributed by atoms with Crippen molar-refractivity contribution in [3.63, 3.8) is 0 Å². The van der Waals surface area contributed by atoms with E-state index >= 15 is 0 Å². The van der Waals surface area contributed by atoms with Crippen molar-refractivity contribution >= 4 is 23.5 Å². The Balaban J connectivity index is 2.20. The molecular weight excluding hydrogens is 308 g/mol. The number of carbonyl (C=O) groups excluding carboxylic acids is 2. The Labute approximate surface area is 131 Å². The lowest BCUT2D eigenvalue weighted by atomic mass is 10.2. The Morgan fingerprint density at radius 1 is 1.45 bits per heavy atom. The molecule has 0 unspecified atom stereocenters. The van der Waals surface area contributed by atoms with Crippen molar-refractivity contribution in [1.82, 2.24) is 19.4 Å². The second-order valence-electron chi connectivity index (χ2n) is 4.79. The third-order valence-electron chi connectivity index (χ3n) is 3.37. The summed E-state index contributed by atoms with van der Waals surface area (Å²) in [6.45, 7) is 2.21. The van der Waals surface area contributed by atoms with E-state index in [4.69, 9.17) is 16.3 Å². The van der Waals surface area contributed by atoms with Crippen molar-refractivity contribution in [2.75, 3.05) is 13.7 Å². The summed E-state index contributed by atoms with van der Waals surface area (Å²) >= 11 is 5.89. The smallest absolute Gasteiger partial charge is 0.358 e. The van der Waals surface area contributed by atoms with E-state index < -0.39 is 5.97 Å². The fourth-order valence-electron chi connectivity index (χ4n) is 2.36. The first-order valence-corrected chi connectivity index (χ1v) is 7.06. The van der Waals surface area contributed by atoms with E-state index in [2.05, 4.69) is 9.97 Å². The van der Waals surface area contributed by atoms with Gasteiger partial charge in [0.15, 0.2) is 11.4 Å². The summed E-state index contributed by atoms with van der Waals surface area (Å²) in [5.74, 6) is -0.779. The van der Waals surface area contributed by atoms with Gasteiger partial charge in [0.2, 0.25) is 0 Å². The number of hydrogen-bond donors (Lipinski definition) is 0. The van der Waals surface area contributed by atoms with E-state index in [0.29, 0.717) is 11.4 Å². The second-order valence-corrected chi connectivity index (χ2v) is 5.18. The van der Waals surface area contributed by atoms with Gasteiger partial charge in [-0.25, -0.2) is 14.8 Å². The van der Waals surface area contributed by atoms with Gasteiger partial charge in [-0.05, 0) is 19.1 Å². The molecule has 0 atom stereocenters. The largest absolute Gasteiger partial charge is 0.461 e. The molecule has 0 spiro atoms. The Kier molecular flexibility index (Phi) is 3.58. The van der Waals surface area contributed by atoms with Crippen LogP contribution in [0.3, 0.4) is 0 Å². The lowest BCUT2D eigenvalue weighted by Crippen LogP contribution is -2.26. The van der Waals surface area contributed by atoms with E-state index in [1.165, 1.54) is 11.2 Å². The Bertz CT molecular complexity index is 771. The number of hydrogen-bond acceptors (Lipinski definition) is 5. The average molecular weight is 321 g/mol. The molecular formula is C14H13ClN4O3. The maximum atomic E-state index is 12.4. The first kappa shape index (κ1) is 14.5. The topological polar surface area (TPSA) is 77.3 Å². The van der Waals surface area contributed by atoms with Crippen molar-refractivity contribution in [3.05, 3.63) is 40.7 Å². The molecule has 1 amide bonds. The maximum Gasteiger partial charge on any atom is 0.358 e. The number of fused-ring (bicyclic) bond motifs is 3. The molecule has 114 valence electrons. The quantitative estimate of drug-likeness (QED) is 0.621. The molecule has 0 aliphatic carbocycles. The number of carbonyl (C=O) groups is 2. The Morgan fingerprint density at radius 2 is 2.23 bits per heavy atom. The predicted molar refractivity (Wildman–Crippen MR) is 78.1 cm³/mol. The normalized spacial score (nSPS) is 13.4. The van der Waals surface area contributed by atoms with E-state index in [1.807, 2.05) is 0 Å². The van der Waals surface area contributed by atoms with Gasteiger partial charge in [0.25, 0.3) is 5.91 Å². The van der Waals surface area contributed by atoms with E-state index in [9.17, 15) is 9.59 Å². The predicted octanol–water partition coefficient (Wildman–Crippen LogP) is 1.68. The van der Waals surface area contributed by atoms with Gasteiger partial charge in [0, 0.05) is 7.05 Å². The molecule has 1 aliphatic rings. The van der Waals surface area contributed by atoms with Crippen LogP contribution in [-0.4, -0.2) is 45.0 Å². The van der Waals surface area contributed by atoms with Crippen LogP contribution in [0.2, 0.25) is 5.15 Å². The van der Waals surface area contributed by atoms with Crippen molar-refractivity contribution in [2.45, 2.75) is 13.5 Å². The molecule has 0 N–H and O–H groups in total. The molecule has 0 saturated heterocycles. The molecule has 3 rings (SSSR count). The van der Waals surface area contributed by atoms with Gasteiger partial charge >= 0.3 is 5.97 Å². The van der Waals surface area contributed by atoms with Gasteiger partial charge in [0.1, 0.15) is 11.5 Å². The number of amides is 1. The number of rotatable bonds is 2. The Hall–Kier alpha value is -2.41. The highest BCUT2D eigenvalue weighted by Crippen LogP contribution is 2.26. The standard InChI is InChI=1S/C14H13ClN4O3/c1-3-22-14(21)12-9-6-18(2)13(20)11-8(19(9)7-16-12)4-5-10(15)17-11/h4-5,7H,3,6H2,1-2H3. The van der Waals surface area contributed by atoms with Crippen molar-refractivity contribution in [1.29, 1.82) is 0 Å². The van der Waals surface area contributed by atoms with Crippen LogP contribution in [0.5, 0.6) is 0 Å². The van der Waals surface area contributed by atoms with Gasteiger partial charge in [-0.2, -0.15) is 0 Å². The first-order valence-electron chi connectivity index (χ1n) is 6.68. The minimum Gasteiger partial charge on any atom is -0.461 e. The highest BCUT2D eigenvalue weighted by molar-refractivity contribution is 6.29. The average Bonchev–Trinajstić information content (AvgIpc) is 2.86. The van der Waals surface area contributed by atoms with E-state index in [-0.39, 0.29) is 35.6 Å². The number of aromatic nitrogens is 3. The van der Waals surface area contributed by atoms with Crippen LogP contribution in [0.1, 0.15) is 33.6 Å². The molecule has 0 radical (unpaired) electrons. The summed E-state index contributed by atoms with van der Waals surface area (Å²) in [7, 11) is 1.63. The third kappa shape index (κ3) is 2.23. The second kappa shape index (κ2) is 5.42. The molecule has 0 fully saturated rings. The summed E-state index contributed by atoms with van der Waals surface area (Å²) < 4.78 is 6.68. The molecule has 2 aromatic heterocycles. The van der Waals surface area contributed by atoms with Crippen LogP contribution < -0.4 is 0 Å². The van der Waals surface area contributed by atoms with Crippen LogP contribution >= 0.6 is 11.6 Å². The summed E-state index contributed by atoms with van der Waals surface area (Å²) in [5, 5.41) is 0.231. The fraction of sp³-hybridized carbons (Fsp3) is 0.286. The van der Waals surface area contributed by atoms with Gasteiger partial charge < -0.3 is 9.64 Å². The van der Waals surface area contributed by atoms with Crippen LogP contribution in [-0.2, 0) is 11.3 Å². The van der Waals surface area contributed by atoms with Crippen LogP contribution in [0, 0.1) is 0 Å². The number of imidazole rings is 1. The molecule has 0 saturated carbocycles.